The molecule has 8 nitrogen and oxygen atoms in total. The zero-order valence-corrected chi connectivity index (χ0v) is 23.6. The third-order valence-corrected chi connectivity index (χ3v) is 7.59. The van der Waals surface area contributed by atoms with Gasteiger partial charge in [-0.1, -0.05) is 61.2 Å². The van der Waals surface area contributed by atoms with Crippen molar-refractivity contribution in [3.8, 4) is 28.3 Å². The lowest BCUT2D eigenvalue weighted by atomic mass is 10.1. The summed E-state index contributed by atoms with van der Waals surface area (Å²) in [5, 5.41) is 3.33. The molecule has 2 heterocycles. The summed E-state index contributed by atoms with van der Waals surface area (Å²) in [5.74, 6) is 0.896. The van der Waals surface area contributed by atoms with Crippen LogP contribution in [-0.4, -0.2) is 40.0 Å². The molecule has 5 rings (SSSR count). The summed E-state index contributed by atoms with van der Waals surface area (Å²) in [5.41, 5.74) is 5.17. The number of anilines is 1. The second kappa shape index (κ2) is 11.7. The van der Waals surface area contributed by atoms with Crippen LogP contribution in [0.15, 0.2) is 88.9 Å². The van der Waals surface area contributed by atoms with E-state index in [-0.39, 0.29) is 17.2 Å². The molecule has 0 aliphatic carbocycles. The van der Waals surface area contributed by atoms with Crippen LogP contribution in [0, 0.1) is 0 Å². The maximum Gasteiger partial charge on any atom is 0.283 e. The number of carbonyl (C=O) groups excluding carboxylic acids is 1. The Morgan fingerprint density at radius 3 is 2.38 bits per heavy atom. The van der Waals surface area contributed by atoms with Crippen molar-refractivity contribution in [3.05, 3.63) is 94.9 Å². The number of fused-ring (bicyclic) bond motifs is 1. The van der Waals surface area contributed by atoms with Crippen LogP contribution < -0.4 is 20.3 Å². The number of hydrogen-bond donors (Lipinski definition) is 1. The summed E-state index contributed by atoms with van der Waals surface area (Å²) in [6.07, 6.45) is 2.82. The van der Waals surface area contributed by atoms with E-state index in [0.717, 1.165) is 17.5 Å². The van der Waals surface area contributed by atoms with Gasteiger partial charge in [-0.2, -0.15) is 0 Å². The van der Waals surface area contributed by atoms with Crippen LogP contribution in [0.1, 0.15) is 12.5 Å². The largest absolute Gasteiger partial charge is 0.493 e. The summed E-state index contributed by atoms with van der Waals surface area (Å²) in [6.45, 7) is 2.09. The molecule has 0 aliphatic rings. The van der Waals surface area contributed by atoms with Crippen molar-refractivity contribution < 1.29 is 14.3 Å². The molecule has 2 aromatic heterocycles. The van der Waals surface area contributed by atoms with Crippen LogP contribution in [0.4, 0.5) is 5.69 Å². The fourth-order valence-corrected chi connectivity index (χ4v) is 5.40. The Labute approximate surface area is 236 Å². The number of amides is 1. The van der Waals surface area contributed by atoms with Crippen LogP contribution in [0.25, 0.3) is 27.8 Å². The monoisotopic (exact) mass is 554 g/mol. The maximum absolute atomic E-state index is 14.0. The Bertz CT molecular complexity index is 1730. The van der Waals surface area contributed by atoms with Gasteiger partial charge in [0.25, 0.3) is 5.56 Å². The number of hydrogen-bond acceptors (Lipinski definition) is 6. The zero-order valence-electron chi connectivity index (χ0n) is 22.8. The lowest BCUT2D eigenvalue weighted by Gasteiger charge is -2.14. The van der Waals surface area contributed by atoms with Gasteiger partial charge in [-0.3, -0.25) is 14.2 Å². The molecule has 0 aliphatic heterocycles. The Morgan fingerprint density at radius 1 is 0.975 bits per heavy atom. The number of benzene rings is 3. The number of methoxy groups -OCH3 is 2. The quantitative estimate of drug-likeness (QED) is 0.186. The molecule has 0 bridgehead atoms. The van der Waals surface area contributed by atoms with Gasteiger partial charge in [0.15, 0.2) is 16.7 Å². The van der Waals surface area contributed by atoms with Crippen molar-refractivity contribution in [2.75, 3.05) is 25.3 Å². The van der Waals surface area contributed by atoms with Crippen LogP contribution >= 0.6 is 11.8 Å². The highest BCUT2D eigenvalue weighted by atomic mass is 32.2. The van der Waals surface area contributed by atoms with Gasteiger partial charge in [-0.15, -0.1) is 0 Å². The van der Waals surface area contributed by atoms with Crippen molar-refractivity contribution in [3.63, 3.8) is 0 Å². The van der Waals surface area contributed by atoms with Crippen LogP contribution in [0.5, 0.6) is 11.5 Å². The minimum Gasteiger partial charge on any atom is -0.493 e. The summed E-state index contributed by atoms with van der Waals surface area (Å²) in [4.78, 5) is 32.0. The molecule has 0 saturated heterocycles. The normalized spacial score (nSPS) is 11.0. The van der Waals surface area contributed by atoms with E-state index in [2.05, 4.69) is 12.2 Å². The minimum atomic E-state index is -0.240. The third kappa shape index (κ3) is 5.33. The molecule has 5 aromatic rings. The minimum absolute atomic E-state index is 0.0485. The van der Waals surface area contributed by atoms with Crippen molar-refractivity contribution >= 4 is 34.4 Å². The molecule has 0 unspecified atom stereocenters. The van der Waals surface area contributed by atoms with Crippen molar-refractivity contribution in [2.45, 2.75) is 18.5 Å². The second-order valence-corrected chi connectivity index (χ2v) is 10.1. The lowest BCUT2D eigenvalue weighted by Crippen LogP contribution is -2.24. The van der Waals surface area contributed by atoms with Gasteiger partial charge in [0, 0.05) is 30.6 Å². The van der Waals surface area contributed by atoms with Gasteiger partial charge < -0.3 is 19.4 Å². The Kier molecular flexibility index (Phi) is 7.93. The van der Waals surface area contributed by atoms with Crippen LogP contribution in [0.3, 0.4) is 0 Å². The molecule has 204 valence electrons. The van der Waals surface area contributed by atoms with Crippen molar-refractivity contribution in [1.29, 1.82) is 0 Å². The number of nitrogens with zero attached hydrogens (tertiary/aromatic N) is 3. The third-order valence-electron chi connectivity index (χ3n) is 6.65. The molecule has 0 spiro atoms. The molecule has 3 aromatic carbocycles. The van der Waals surface area contributed by atoms with Gasteiger partial charge in [0.1, 0.15) is 11.0 Å². The molecular formula is C31H30N4O4S. The topological polar surface area (TPSA) is 87.4 Å². The average Bonchev–Trinajstić information content (AvgIpc) is 3.32. The number of nitrogens with one attached hydrogen (secondary N) is 1. The van der Waals surface area contributed by atoms with Crippen molar-refractivity contribution in [2.24, 2.45) is 7.05 Å². The van der Waals surface area contributed by atoms with Gasteiger partial charge in [-0.25, -0.2) is 4.98 Å². The molecule has 1 N–H and O–H groups in total. The van der Waals surface area contributed by atoms with Gasteiger partial charge in [0.2, 0.25) is 5.91 Å². The van der Waals surface area contributed by atoms with E-state index in [0.29, 0.717) is 39.1 Å². The number of rotatable bonds is 9. The molecule has 0 saturated carbocycles. The number of aromatic nitrogens is 3. The molecule has 0 atom stereocenters. The summed E-state index contributed by atoms with van der Waals surface area (Å²) in [6, 6.07) is 22.9. The number of ether oxygens (including phenoxy) is 2. The van der Waals surface area contributed by atoms with Gasteiger partial charge >= 0.3 is 0 Å². The van der Waals surface area contributed by atoms with E-state index in [4.69, 9.17) is 14.5 Å². The Balaban J connectivity index is 1.54. The highest BCUT2D eigenvalue weighted by Gasteiger charge is 2.20. The number of aryl methyl sites for hydroxylation is 2. The molecule has 9 heteroatoms. The number of carbonyl (C=O) groups is 1. The fourth-order valence-electron chi connectivity index (χ4n) is 4.59. The maximum atomic E-state index is 14.0. The van der Waals surface area contributed by atoms with E-state index in [1.165, 1.54) is 17.3 Å². The second-order valence-electron chi connectivity index (χ2n) is 9.18. The first-order chi connectivity index (χ1) is 19.4. The predicted molar refractivity (Wildman–Crippen MR) is 160 cm³/mol. The number of thioether (sulfide) groups is 1. The van der Waals surface area contributed by atoms with Gasteiger partial charge in [0.05, 0.1) is 25.7 Å². The van der Waals surface area contributed by atoms with Gasteiger partial charge in [-0.05, 0) is 41.8 Å². The van der Waals surface area contributed by atoms with E-state index < -0.39 is 0 Å². The van der Waals surface area contributed by atoms with E-state index in [1.807, 2.05) is 72.4 Å². The van der Waals surface area contributed by atoms with Crippen molar-refractivity contribution in [1.82, 2.24) is 14.1 Å². The van der Waals surface area contributed by atoms with E-state index in [9.17, 15) is 9.59 Å². The average molecular weight is 555 g/mol. The van der Waals surface area contributed by atoms with E-state index in [1.54, 1.807) is 37.0 Å². The fraction of sp³-hybridized carbons (Fsp3) is 0.194. The molecule has 1 amide bonds. The molecule has 0 fully saturated rings. The SMILES string of the molecule is CCc1ccc(-n2c(SCC(=O)Nc3ccc(OC)c(OC)c3)nc3c(-c4ccccc4)cn(C)c3c2=O)cc1. The predicted octanol–water partition coefficient (Wildman–Crippen LogP) is 5.70. The molecule has 40 heavy (non-hydrogen) atoms. The van der Waals surface area contributed by atoms with Crippen LogP contribution in [0.2, 0.25) is 0 Å². The summed E-state index contributed by atoms with van der Waals surface area (Å²) >= 11 is 1.21. The van der Waals surface area contributed by atoms with E-state index >= 15 is 0 Å². The smallest absolute Gasteiger partial charge is 0.283 e. The van der Waals surface area contributed by atoms with Crippen LogP contribution in [-0.2, 0) is 18.3 Å². The summed E-state index contributed by atoms with van der Waals surface area (Å²) in [7, 11) is 4.95. The zero-order chi connectivity index (χ0) is 28.2. The first-order valence-electron chi connectivity index (χ1n) is 12.8. The lowest BCUT2D eigenvalue weighted by molar-refractivity contribution is -0.113. The summed E-state index contributed by atoms with van der Waals surface area (Å²) < 4.78 is 14.0. The highest BCUT2D eigenvalue weighted by molar-refractivity contribution is 7.99. The molecule has 0 radical (unpaired) electrons. The Hall–Kier alpha value is -4.50. The first kappa shape index (κ1) is 27.1. The molecular weight excluding hydrogens is 524 g/mol. The first-order valence-corrected chi connectivity index (χ1v) is 13.8. The highest BCUT2D eigenvalue weighted by Crippen LogP contribution is 2.31. The standard InChI is InChI=1S/C31H30N4O4S/c1-5-20-11-14-23(15-12-20)35-30(37)29-28(24(18-34(29)2)21-9-7-6-8-10-21)33-31(35)40-19-27(36)32-22-13-16-25(38-3)26(17-22)39-4/h6-18H,5,19H2,1-4H3,(H,32,36). The Morgan fingerprint density at radius 2 is 1.70 bits per heavy atom.